The van der Waals surface area contributed by atoms with E-state index >= 15 is 0 Å². The summed E-state index contributed by atoms with van der Waals surface area (Å²) in [5.74, 6) is 0. The van der Waals surface area contributed by atoms with Gasteiger partial charge in [0.1, 0.15) is 0 Å². The van der Waals surface area contributed by atoms with Crippen LogP contribution in [0, 0.1) is 0 Å². The Bertz CT molecular complexity index is 3540. The van der Waals surface area contributed by atoms with Crippen LogP contribution < -0.4 is 10.2 Å². The molecule has 0 atom stereocenters. The zero-order valence-electron chi connectivity index (χ0n) is 34.5. The van der Waals surface area contributed by atoms with E-state index in [1.165, 1.54) is 70.9 Å². The molecule has 0 radical (unpaired) electrons. The van der Waals surface area contributed by atoms with Crippen molar-refractivity contribution in [1.29, 1.82) is 0 Å². The predicted octanol–water partition coefficient (Wildman–Crippen LogP) is 16.8. The van der Waals surface area contributed by atoms with E-state index in [-0.39, 0.29) is 0 Å². The second-order valence-corrected chi connectivity index (χ2v) is 16.2. The zero-order chi connectivity index (χ0) is 41.7. The lowest BCUT2D eigenvalue weighted by molar-refractivity contribution is 1.19. The van der Waals surface area contributed by atoms with Crippen molar-refractivity contribution in [3.05, 3.63) is 243 Å². The van der Waals surface area contributed by atoms with Crippen LogP contribution in [-0.2, 0) is 0 Å². The van der Waals surface area contributed by atoms with Crippen LogP contribution >= 0.6 is 0 Å². The Morgan fingerprint density at radius 1 is 0.270 bits per heavy atom. The molecule has 0 saturated carbocycles. The van der Waals surface area contributed by atoms with Crippen LogP contribution in [0.3, 0.4) is 0 Å². The summed E-state index contributed by atoms with van der Waals surface area (Å²) in [6.45, 7) is 0. The molecule has 0 amide bonds. The largest absolute Gasteiger partial charge is 0.356 e. The van der Waals surface area contributed by atoms with E-state index in [9.17, 15) is 0 Å². The summed E-state index contributed by atoms with van der Waals surface area (Å²) in [7, 11) is 0. The topological polar surface area (TPSA) is 20.2 Å². The first kappa shape index (κ1) is 36.5. The highest BCUT2D eigenvalue weighted by Crippen LogP contribution is 2.41. The number of aromatic nitrogens is 1. The van der Waals surface area contributed by atoms with Gasteiger partial charge in [0.05, 0.1) is 11.0 Å². The fourth-order valence-corrected chi connectivity index (χ4v) is 9.54. The number of nitrogens with zero attached hydrogens (tertiary/aromatic N) is 2. The van der Waals surface area contributed by atoms with Crippen LogP contribution in [0.1, 0.15) is 0 Å². The number of para-hydroxylation sites is 2. The molecule has 0 bridgehead atoms. The van der Waals surface area contributed by atoms with Crippen molar-refractivity contribution in [2.24, 2.45) is 0 Å². The van der Waals surface area contributed by atoms with Gasteiger partial charge in [-0.3, -0.25) is 0 Å². The summed E-state index contributed by atoms with van der Waals surface area (Å²) < 4.78 is 2.44. The third-order valence-electron chi connectivity index (χ3n) is 12.5. The normalized spacial score (nSPS) is 11.5. The minimum Gasteiger partial charge on any atom is -0.356 e. The molecule has 0 aliphatic heterocycles. The number of anilines is 5. The monoisotopic (exact) mass is 803 g/mol. The molecule has 0 saturated heterocycles. The number of fused-ring (bicyclic) bond motifs is 9. The third-order valence-corrected chi connectivity index (χ3v) is 12.5. The molecule has 12 rings (SSSR count). The molecule has 0 aliphatic carbocycles. The van der Waals surface area contributed by atoms with Crippen molar-refractivity contribution in [2.75, 3.05) is 10.2 Å². The van der Waals surface area contributed by atoms with E-state index in [1.54, 1.807) is 0 Å². The van der Waals surface area contributed by atoms with Crippen LogP contribution in [-0.4, -0.2) is 4.57 Å². The summed E-state index contributed by atoms with van der Waals surface area (Å²) in [5.41, 5.74) is 13.7. The maximum absolute atomic E-state index is 3.73. The van der Waals surface area contributed by atoms with Gasteiger partial charge in [-0.25, -0.2) is 0 Å². The lowest BCUT2D eigenvalue weighted by atomic mass is 9.94. The molecule has 12 aromatic rings. The van der Waals surface area contributed by atoms with Gasteiger partial charge in [0.2, 0.25) is 0 Å². The summed E-state index contributed by atoms with van der Waals surface area (Å²) in [6, 6.07) is 87.7. The average Bonchev–Trinajstić information content (AvgIpc) is 3.68. The lowest BCUT2D eigenvalue weighted by Gasteiger charge is -2.25. The van der Waals surface area contributed by atoms with Crippen LogP contribution in [0.25, 0.3) is 82.1 Å². The molecule has 1 heterocycles. The predicted molar refractivity (Wildman–Crippen MR) is 269 cm³/mol. The molecule has 3 heteroatoms. The Labute approximate surface area is 366 Å². The van der Waals surface area contributed by atoms with Crippen LogP contribution in [0.5, 0.6) is 0 Å². The summed E-state index contributed by atoms with van der Waals surface area (Å²) in [5, 5.41) is 13.7. The van der Waals surface area contributed by atoms with Gasteiger partial charge in [0.15, 0.2) is 0 Å². The summed E-state index contributed by atoms with van der Waals surface area (Å²) >= 11 is 0. The van der Waals surface area contributed by atoms with Crippen LogP contribution in [0.15, 0.2) is 243 Å². The lowest BCUT2D eigenvalue weighted by Crippen LogP contribution is -2.09. The minimum absolute atomic E-state index is 1.04. The van der Waals surface area contributed by atoms with Crippen molar-refractivity contribution in [2.45, 2.75) is 0 Å². The van der Waals surface area contributed by atoms with E-state index in [2.05, 4.69) is 257 Å². The first-order chi connectivity index (χ1) is 31.2. The molecule has 11 aromatic carbocycles. The molecule has 0 unspecified atom stereocenters. The van der Waals surface area contributed by atoms with E-state index in [1.807, 2.05) is 0 Å². The zero-order valence-corrected chi connectivity index (χ0v) is 34.5. The van der Waals surface area contributed by atoms with Gasteiger partial charge in [-0.2, -0.15) is 0 Å². The number of hydrogen-bond acceptors (Lipinski definition) is 2. The van der Waals surface area contributed by atoms with Crippen molar-refractivity contribution >= 4 is 82.6 Å². The molecule has 3 nitrogen and oxygen atoms in total. The van der Waals surface area contributed by atoms with E-state index in [0.29, 0.717) is 0 Å². The quantitative estimate of drug-likeness (QED) is 0.154. The molecule has 1 N–H and O–H groups in total. The fourth-order valence-electron chi connectivity index (χ4n) is 9.54. The number of nitrogens with one attached hydrogen (secondary N) is 1. The van der Waals surface area contributed by atoms with Gasteiger partial charge in [0, 0.05) is 44.9 Å². The SMILES string of the molecule is c1ccc(-c2ccc(Nc3ccc4c(c3)c3cc(-c5ccc(N(c6ccccc6)c6ccccc6)cc5)ccc3n4-c3ccc4c5ccccc5c5ccccc5c4c3)cc2)cc1. The first-order valence-electron chi connectivity index (χ1n) is 21.6. The Hall–Kier alpha value is -8.40. The van der Waals surface area contributed by atoms with Gasteiger partial charge in [0.25, 0.3) is 0 Å². The second-order valence-electron chi connectivity index (χ2n) is 16.2. The highest BCUT2D eigenvalue weighted by molar-refractivity contribution is 6.25. The van der Waals surface area contributed by atoms with Crippen molar-refractivity contribution in [3.8, 4) is 27.9 Å². The van der Waals surface area contributed by atoms with Gasteiger partial charge < -0.3 is 14.8 Å². The molecule has 1 aromatic heterocycles. The van der Waals surface area contributed by atoms with Crippen molar-refractivity contribution in [3.63, 3.8) is 0 Å². The minimum atomic E-state index is 1.04. The molecule has 296 valence electrons. The van der Waals surface area contributed by atoms with Crippen LogP contribution in [0.4, 0.5) is 28.4 Å². The van der Waals surface area contributed by atoms with Crippen LogP contribution in [0.2, 0.25) is 0 Å². The number of rotatable bonds is 8. The van der Waals surface area contributed by atoms with Crippen molar-refractivity contribution in [1.82, 2.24) is 4.57 Å². The van der Waals surface area contributed by atoms with Gasteiger partial charge in [-0.1, -0.05) is 152 Å². The van der Waals surface area contributed by atoms with E-state index in [0.717, 1.165) is 39.6 Å². The highest BCUT2D eigenvalue weighted by atomic mass is 15.1. The Balaban J connectivity index is 0.995. The molecular weight excluding hydrogens is 763 g/mol. The smallest absolute Gasteiger partial charge is 0.0542 e. The Kier molecular flexibility index (Phi) is 8.83. The number of hydrogen-bond donors (Lipinski definition) is 1. The second kappa shape index (κ2) is 15.3. The molecule has 0 fully saturated rings. The van der Waals surface area contributed by atoms with Gasteiger partial charge in [-0.15, -0.1) is 0 Å². The molecule has 0 aliphatic rings. The van der Waals surface area contributed by atoms with Gasteiger partial charge >= 0.3 is 0 Å². The molecule has 0 spiro atoms. The Morgan fingerprint density at radius 3 is 1.32 bits per heavy atom. The first-order valence-corrected chi connectivity index (χ1v) is 21.6. The molecular formula is C60H41N3. The molecule has 63 heavy (non-hydrogen) atoms. The Morgan fingerprint density at radius 2 is 0.698 bits per heavy atom. The maximum atomic E-state index is 3.73. The average molecular weight is 804 g/mol. The van der Waals surface area contributed by atoms with E-state index in [4.69, 9.17) is 0 Å². The highest BCUT2D eigenvalue weighted by Gasteiger charge is 2.18. The third kappa shape index (κ3) is 6.46. The maximum Gasteiger partial charge on any atom is 0.0542 e. The van der Waals surface area contributed by atoms with E-state index < -0.39 is 0 Å². The van der Waals surface area contributed by atoms with Crippen molar-refractivity contribution < 1.29 is 0 Å². The van der Waals surface area contributed by atoms with Gasteiger partial charge in [-0.05, 0) is 146 Å². The summed E-state index contributed by atoms with van der Waals surface area (Å²) in [6.07, 6.45) is 0. The standard InChI is InChI=1S/C60H41N3/c1-4-14-41(15-5-1)42-24-29-45(30-25-42)61-46-31-37-60-58(39-46)57-38-44(43-26-32-49(33-27-43)62(47-16-6-2-7-17-47)48-18-8-3-9-19-48)28-36-59(57)63(60)50-34-35-55-53-22-11-10-20-51(53)52-21-12-13-23-54(52)56(55)40-50/h1-40,61H. The fraction of sp³-hybridized carbons (Fsp3) is 0. The number of benzene rings is 11. The summed E-state index contributed by atoms with van der Waals surface area (Å²) in [4.78, 5) is 2.31.